The molecule has 1 aromatic carbocycles. The van der Waals surface area contributed by atoms with Gasteiger partial charge in [0, 0.05) is 27.2 Å². The predicted molar refractivity (Wildman–Crippen MR) is 112 cm³/mol. The molecule has 1 fully saturated rings. The number of carbonyl (C=O) groups is 1. The first-order valence-electron chi connectivity index (χ1n) is 10.3. The lowest BCUT2D eigenvalue weighted by atomic mass is 10.1. The molecule has 0 radical (unpaired) electrons. The van der Waals surface area contributed by atoms with Gasteiger partial charge in [-0.2, -0.15) is 13.2 Å². The number of aliphatic imine (C=N–C) groups is 1. The molecule has 0 saturated carbocycles. The second-order valence-corrected chi connectivity index (χ2v) is 7.60. The van der Waals surface area contributed by atoms with Gasteiger partial charge in [0.15, 0.2) is 5.96 Å². The van der Waals surface area contributed by atoms with Gasteiger partial charge in [0.05, 0.1) is 25.8 Å². The van der Waals surface area contributed by atoms with E-state index in [1.54, 1.807) is 32.3 Å². The number of carbonyl (C=O) groups excluding carboxylic acids is 1. The molecule has 2 rings (SSSR count). The van der Waals surface area contributed by atoms with Crippen LogP contribution in [0.15, 0.2) is 29.3 Å². The quantitative estimate of drug-likeness (QED) is 0.452. The molecule has 1 saturated heterocycles. The van der Waals surface area contributed by atoms with Crippen LogP contribution in [0.5, 0.6) is 0 Å². The molecule has 1 aromatic rings. The van der Waals surface area contributed by atoms with Crippen LogP contribution in [0.1, 0.15) is 30.4 Å². The Morgan fingerprint density at radius 2 is 2.03 bits per heavy atom. The second kappa shape index (κ2) is 12.5. The Bertz CT molecular complexity index is 720. The Morgan fingerprint density at radius 3 is 2.71 bits per heavy atom. The highest BCUT2D eigenvalue weighted by Crippen LogP contribution is 2.16. The summed E-state index contributed by atoms with van der Waals surface area (Å²) in [6.07, 6.45) is -1.10. The van der Waals surface area contributed by atoms with Gasteiger partial charge in [-0.05, 0) is 30.4 Å². The van der Waals surface area contributed by atoms with Crippen molar-refractivity contribution in [1.29, 1.82) is 0 Å². The number of guanidine groups is 1. The van der Waals surface area contributed by atoms with Crippen LogP contribution in [0.4, 0.5) is 13.2 Å². The first kappa shape index (κ1) is 24.9. The maximum atomic E-state index is 12.2. The standard InChI is InChI=1S/C21H31F3N4O3/c1-28(2)19(29)13-27-20(26-12-18-8-3-4-9-31-18)25-11-16-6-5-7-17(10-16)14-30-15-21(22,23)24/h5-7,10,18H,3-4,8-9,11-15H2,1-2H3,(H2,25,26,27). The van der Waals surface area contributed by atoms with E-state index in [9.17, 15) is 18.0 Å². The van der Waals surface area contributed by atoms with E-state index in [4.69, 9.17) is 9.47 Å². The van der Waals surface area contributed by atoms with Gasteiger partial charge in [-0.25, -0.2) is 4.99 Å². The third kappa shape index (κ3) is 10.5. The Hall–Kier alpha value is -2.33. The van der Waals surface area contributed by atoms with E-state index in [2.05, 4.69) is 15.6 Å². The van der Waals surface area contributed by atoms with Crippen molar-refractivity contribution in [2.45, 2.75) is 44.7 Å². The van der Waals surface area contributed by atoms with Crippen molar-refractivity contribution in [2.24, 2.45) is 4.99 Å². The van der Waals surface area contributed by atoms with Gasteiger partial charge in [0.25, 0.3) is 0 Å². The summed E-state index contributed by atoms with van der Waals surface area (Å²) in [5.41, 5.74) is 1.46. The predicted octanol–water partition coefficient (Wildman–Crippen LogP) is 2.46. The number of halogens is 3. The third-order valence-corrected chi connectivity index (χ3v) is 4.62. The number of benzene rings is 1. The van der Waals surface area contributed by atoms with Crippen LogP contribution in [-0.4, -0.2) is 69.4 Å². The van der Waals surface area contributed by atoms with Crippen LogP contribution in [0, 0.1) is 0 Å². The fraction of sp³-hybridized carbons (Fsp3) is 0.619. The summed E-state index contributed by atoms with van der Waals surface area (Å²) in [6, 6.07) is 7.05. The second-order valence-electron chi connectivity index (χ2n) is 7.60. The van der Waals surface area contributed by atoms with Gasteiger partial charge < -0.3 is 25.0 Å². The molecule has 174 valence electrons. The minimum atomic E-state index is -4.35. The van der Waals surface area contributed by atoms with Crippen LogP contribution in [0.3, 0.4) is 0 Å². The van der Waals surface area contributed by atoms with E-state index in [1.165, 1.54) is 4.90 Å². The molecule has 0 aliphatic carbocycles. The maximum Gasteiger partial charge on any atom is 0.411 e. The zero-order chi connectivity index (χ0) is 22.7. The first-order chi connectivity index (χ1) is 14.7. The van der Waals surface area contributed by atoms with Crippen molar-refractivity contribution in [3.05, 3.63) is 35.4 Å². The molecule has 10 heteroatoms. The van der Waals surface area contributed by atoms with Gasteiger partial charge in [-0.15, -0.1) is 0 Å². The van der Waals surface area contributed by atoms with E-state index in [-0.39, 0.29) is 25.2 Å². The van der Waals surface area contributed by atoms with Gasteiger partial charge in [0.2, 0.25) is 5.91 Å². The molecule has 1 aliphatic heterocycles. The zero-order valence-corrected chi connectivity index (χ0v) is 18.0. The number of nitrogens with one attached hydrogen (secondary N) is 2. The first-order valence-corrected chi connectivity index (χ1v) is 10.3. The SMILES string of the molecule is CN(C)C(=O)CNC(=NCc1cccc(COCC(F)(F)F)c1)NCC1CCCCO1. The number of alkyl halides is 3. The van der Waals surface area contributed by atoms with Crippen LogP contribution < -0.4 is 10.6 Å². The van der Waals surface area contributed by atoms with E-state index in [0.717, 1.165) is 31.4 Å². The molecule has 0 bridgehead atoms. The fourth-order valence-electron chi connectivity index (χ4n) is 2.94. The molecular weight excluding hydrogens is 413 g/mol. The topological polar surface area (TPSA) is 75.2 Å². The summed E-state index contributed by atoms with van der Waals surface area (Å²) in [6.45, 7) is 0.301. The molecule has 31 heavy (non-hydrogen) atoms. The molecule has 1 aliphatic rings. The third-order valence-electron chi connectivity index (χ3n) is 4.62. The van der Waals surface area contributed by atoms with E-state index in [0.29, 0.717) is 24.6 Å². The number of ether oxygens (including phenoxy) is 2. The maximum absolute atomic E-state index is 12.2. The van der Waals surface area contributed by atoms with Crippen LogP contribution >= 0.6 is 0 Å². The fourth-order valence-corrected chi connectivity index (χ4v) is 2.94. The van der Waals surface area contributed by atoms with Crippen LogP contribution in [0.25, 0.3) is 0 Å². The van der Waals surface area contributed by atoms with E-state index < -0.39 is 12.8 Å². The summed E-state index contributed by atoms with van der Waals surface area (Å²) in [5.74, 6) is 0.385. The van der Waals surface area contributed by atoms with Crippen molar-refractivity contribution >= 4 is 11.9 Å². The highest BCUT2D eigenvalue weighted by Gasteiger charge is 2.27. The molecule has 1 atom stereocenters. The monoisotopic (exact) mass is 444 g/mol. The summed E-state index contributed by atoms with van der Waals surface area (Å²) >= 11 is 0. The molecule has 0 spiro atoms. The van der Waals surface area contributed by atoms with E-state index in [1.807, 2.05) is 6.07 Å². The number of likely N-dealkylation sites (N-methyl/N-ethyl adjacent to an activating group) is 1. The average molecular weight is 444 g/mol. The van der Waals surface area contributed by atoms with Crippen molar-refractivity contribution in [3.63, 3.8) is 0 Å². The van der Waals surface area contributed by atoms with E-state index >= 15 is 0 Å². The minimum absolute atomic E-state index is 0.0905. The van der Waals surface area contributed by atoms with Gasteiger partial charge in [0.1, 0.15) is 6.61 Å². The lowest BCUT2D eigenvalue weighted by molar-refractivity contribution is -0.176. The van der Waals surface area contributed by atoms with Crippen molar-refractivity contribution in [1.82, 2.24) is 15.5 Å². The van der Waals surface area contributed by atoms with Crippen molar-refractivity contribution < 1.29 is 27.4 Å². The Labute approximate surface area is 181 Å². The van der Waals surface area contributed by atoms with Gasteiger partial charge in [-0.1, -0.05) is 24.3 Å². The summed E-state index contributed by atoms with van der Waals surface area (Å²) in [7, 11) is 3.35. The highest BCUT2D eigenvalue weighted by molar-refractivity contribution is 5.86. The summed E-state index contributed by atoms with van der Waals surface area (Å²) in [4.78, 5) is 17.9. The minimum Gasteiger partial charge on any atom is -0.376 e. The van der Waals surface area contributed by atoms with Gasteiger partial charge in [-0.3, -0.25) is 4.79 Å². The van der Waals surface area contributed by atoms with Crippen LogP contribution in [0.2, 0.25) is 0 Å². The van der Waals surface area contributed by atoms with Crippen LogP contribution in [-0.2, 0) is 27.4 Å². The Balaban J connectivity index is 1.95. The number of amides is 1. The molecule has 2 N–H and O–H groups in total. The molecule has 1 unspecified atom stereocenters. The average Bonchev–Trinajstić information content (AvgIpc) is 2.73. The molecule has 0 aromatic heterocycles. The molecule has 1 heterocycles. The number of nitrogens with zero attached hydrogens (tertiary/aromatic N) is 2. The molecule has 7 nitrogen and oxygen atoms in total. The van der Waals surface area contributed by atoms with Gasteiger partial charge >= 0.3 is 6.18 Å². The highest BCUT2D eigenvalue weighted by atomic mass is 19.4. The number of rotatable bonds is 9. The molecule has 1 amide bonds. The normalized spacial score (nSPS) is 17.3. The summed E-state index contributed by atoms with van der Waals surface area (Å²) < 4.78 is 47.2. The number of hydrogen-bond donors (Lipinski definition) is 2. The largest absolute Gasteiger partial charge is 0.411 e. The zero-order valence-electron chi connectivity index (χ0n) is 18.0. The van der Waals surface area contributed by atoms with Crippen molar-refractivity contribution in [2.75, 3.05) is 40.4 Å². The Morgan fingerprint density at radius 1 is 1.26 bits per heavy atom. The lowest BCUT2D eigenvalue weighted by Gasteiger charge is -2.24. The Kier molecular flexibility index (Phi) is 10.1. The van der Waals surface area contributed by atoms with Crippen molar-refractivity contribution in [3.8, 4) is 0 Å². The number of hydrogen-bond acceptors (Lipinski definition) is 4. The summed E-state index contributed by atoms with van der Waals surface area (Å²) in [5, 5.41) is 6.23. The smallest absolute Gasteiger partial charge is 0.376 e. The molecular formula is C21H31F3N4O3. The lowest BCUT2D eigenvalue weighted by Crippen LogP contribution is -2.45.